The molecule has 0 bridgehead atoms. The standard InChI is InChI=1S/C11H12F3N3O2/c1-3-10(2)15-7-4-6(11(12,13)14)5-8(17(18)19)9(7)16-10/h4-5,15-16H,3H2,1-2H3. The summed E-state index contributed by atoms with van der Waals surface area (Å²) in [5.41, 5.74) is -2.09. The maximum Gasteiger partial charge on any atom is 0.416 e. The van der Waals surface area contributed by atoms with E-state index in [1.807, 2.05) is 6.92 Å². The minimum absolute atomic E-state index is 0.0994. The lowest BCUT2D eigenvalue weighted by Crippen LogP contribution is -2.37. The van der Waals surface area contributed by atoms with E-state index in [0.717, 1.165) is 6.07 Å². The van der Waals surface area contributed by atoms with Crippen LogP contribution in [0, 0.1) is 10.1 Å². The Morgan fingerprint density at radius 3 is 2.47 bits per heavy atom. The number of hydrogen-bond acceptors (Lipinski definition) is 4. The molecule has 2 N–H and O–H groups in total. The lowest BCUT2D eigenvalue weighted by Gasteiger charge is -2.23. The summed E-state index contributed by atoms with van der Waals surface area (Å²) in [6.07, 6.45) is -4.06. The van der Waals surface area contributed by atoms with Crippen LogP contribution in [-0.4, -0.2) is 10.6 Å². The van der Waals surface area contributed by atoms with E-state index in [1.54, 1.807) is 6.92 Å². The van der Waals surface area contributed by atoms with E-state index in [1.165, 1.54) is 0 Å². The summed E-state index contributed by atoms with van der Waals surface area (Å²) in [5, 5.41) is 16.6. The second-order valence-electron chi connectivity index (χ2n) is 4.61. The van der Waals surface area contributed by atoms with Crippen LogP contribution in [0.4, 0.5) is 30.2 Å². The highest BCUT2D eigenvalue weighted by molar-refractivity contribution is 5.85. The molecule has 0 amide bonds. The van der Waals surface area contributed by atoms with Gasteiger partial charge in [-0.3, -0.25) is 10.1 Å². The van der Waals surface area contributed by atoms with Gasteiger partial charge in [-0.05, 0) is 19.4 Å². The van der Waals surface area contributed by atoms with Gasteiger partial charge < -0.3 is 10.6 Å². The topological polar surface area (TPSA) is 67.2 Å². The number of benzene rings is 1. The highest BCUT2D eigenvalue weighted by Gasteiger charge is 2.39. The summed E-state index contributed by atoms with van der Waals surface area (Å²) >= 11 is 0. The lowest BCUT2D eigenvalue weighted by atomic mass is 10.1. The molecule has 1 unspecified atom stereocenters. The number of nitrogens with zero attached hydrogens (tertiary/aromatic N) is 1. The number of nitro groups is 1. The highest BCUT2D eigenvalue weighted by Crippen LogP contribution is 2.45. The summed E-state index contributed by atoms with van der Waals surface area (Å²) in [5.74, 6) is 0. The third-order valence-electron chi connectivity index (χ3n) is 3.16. The number of rotatable bonds is 2. The number of nitro benzene ring substituents is 1. The molecular weight excluding hydrogens is 263 g/mol. The minimum atomic E-state index is -4.62. The Balaban J connectivity index is 2.59. The van der Waals surface area contributed by atoms with E-state index in [9.17, 15) is 23.3 Å². The molecule has 19 heavy (non-hydrogen) atoms. The van der Waals surface area contributed by atoms with Gasteiger partial charge in [0.2, 0.25) is 0 Å². The van der Waals surface area contributed by atoms with Crippen molar-refractivity contribution in [2.75, 3.05) is 10.6 Å². The molecule has 0 aromatic heterocycles. The number of anilines is 2. The zero-order valence-electron chi connectivity index (χ0n) is 10.3. The van der Waals surface area contributed by atoms with Crippen molar-refractivity contribution in [1.29, 1.82) is 0 Å². The summed E-state index contributed by atoms with van der Waals surface area (Å²) in [6.45, 7) is 3.55. The maximum atomic E-state index is 12.7. The molecule has 5 nitrogen and oxygen atoms in total. The third-order valence-corrected chi connectivity index (χ3v) is 3.16. The predicted molar refractivity (Wildman–Crippen MR) is 64.0 cm³/mol. The number of nitrogens with one attached hydrogen (secondary N) is 2. The molecule has 0 saturated heterocycles. The monoisotopic (exact) mass is 275 g/mol. The van der Waals surface area contributed by atoms with Crippen LogP contribution in [0.1, 0.15) is 25.8 Å². The first kappa shape index (κ1) is 13.4. The summed E-state index contributed by atoms with van der Waals surface area (Å²) in [4.78, 5) is 10.1. The fourth-order valence-corrected chi connectivity index (χ4v) is 1.95. The second-order valence-corrected chi connectivity index (χ2v) is 4.61. The quantitative estimate of drug-likeness (QED) is 0.639. The van der Waals surface area contributed by atoms with Gasteiger partial charge in [0, 0.05) is 6.07 Å². The average molecular weight is 275 g/mol. The number of alkyl halides is 3. The average Bonchev–Trinajstić information content (AvgIpc) is 2.63. The smallest absolute Gasteiger partial charge is 0.361 e. The van der Waals surface area contributed by atoms with Gasteiger partial charge in [0.1, 0.15) is 11.4 Å². The SMILES string of the molecule is CCC1(C)Nc2cc(C(F)(F)F)cc([N+](=O)[O-])c2N1. The first-order chi connectivity index (χ1) is 8.66. The molecule has 1 aliphatic heterocycles. The molecule has 1 aliphatic rings. The summed E-state index contributed by atoms with van der Waals surface area (Å²) in [6, 6.07) is 1.44. The molecular formula is C11H12F3N3O2. The van der Waals surface area contributed by atoms with Crippen LogP contribution in [0.25, 0.3) is 0 Å². The maximum absolute atomic E-state index is 12.7. The molecule has 104 valence electrons. The van der Waals surface area contributed by atoms with E-state index >= 15 is 0 Å². The molecule has 0 fully saturated rings. The molecule has 0 saturated carbocycles. The van der Waals surface area contributed by atoms with Crippen LogP contribution in [-0.2, 0) is 6.18 Å². The van der Waals surface area contributed by atoms with Gasteiger partial charge in [0.05, 0.1) is 16.2 Å². The van der Waals surface area contributed by atoms with Crippen LogP contribution in [0.3, 0.4) is 0 Å². The van der Waals surface area contributed by atoms with E-state index in [4.69, 9.17) is 0 Å². The van der Waals surface area contributed by atoms with Crippen molar-refractivity contribution in [1.82, 2.24) is 0 Å². The zero-order chi connectivity index (χ0) is 14.4. The normalized spacial score (nSPS) is 21.5. The van der Waals surface area contributed by atoms with Gasteiger partial charge in [-0.2, -0.15) is 13.2 Å². The number of hydrogen-bond donors (Lipinski definition) is 2. The minimum Gasteiger partial charge on any atom is -0.361 e. The van der Waals surface area contributed by atoms with Crippen molar-refractivity contribution in [2.45, 2.75) is 32.1 Å². The van der Waals surface area contributed by atoms with Crippen LogP contribution in [0.5, 0.6) is 0 Å². The zero-order valence-corrected chi connectivity index (χ0v) is 10.3. The van der Waals surface area contributed by atoms with Crippen molar-refractivity contribution < 1.29 is 18.1 Å². The van der Waals surface area contributed by atoms with Gasteiger partial charge in [-0.1, -0.05) is 6.92 Å². The Hall–Kier alpha value is -1.99. The van der Waals surface area contributed by atoms with E-state index in [2.05, 4.69) is 10.6 Å². The Morgan fingerprint density at radius 2 is 2.00 bits per heavy atom. The fourth-order valence-electron chi connectivity index (χ4n) is 1.95. The Labute approximate surface area is 106 Å². The number of halogens is 3. The van der Waals surface area contributed by atoms with Crippen molar-refractivity contribution in [3.8, 4) is 0 Å². The fraction of sp³-hybridized carbons (Fsp3) is 0.455. The van der Waals surface area contributed by atoms with Crippen molar-refractivity contribution in [3.05, 3.63) is 27.8 Å². The Kier molecular flexibility index (Phi) is 2.83. The predicted octanol–water partition coefficient (Wildman–Crippen LogP) is 3.58. The second kappa shape index (κ2) is 4.01. The molecule has 0 spiro atoms. The lowest BCUT2D eigenvalue weighted by molar-refractivity contribution is -0.384. The first-order valence-electron chi connectivity index (χ1n) is 5.62. The molecule has 2 rings (SSSR count). The first-order valence-corrected chi connectivity index (χ1v) is 5.62. The molecule has 1 atom stereocenters. The van der Waals surface area contributed by atoms with Gasteiger partial charge in [0.15, 0.2) is 0 Å². The molecule has 1 aromatic rings. The Morgan fingerprint density at radius 1 is 1.37 bits per heavy atom. The van der Waals surface area contributed by atoms with Gasteiger partial charge in [-0.15, -0.1) is 0 Å². The van der Waals surface area contributed by atoms with Crippen LogP contribution in [0.2, 0.25) is 0 Å². The van der Waals surface area contributed by atoms with E-state index < -0.39 is 28.0 Å². The molecule has 1 heterocycles. The third kappa shape index (κ3) is 2.29. The molecule has 0 aliphatic carbocycles. The molecule has 0 radical (unpaired) electrons. The van der Waals surface area contributed by atoms with Gasteiger partial charge in [0.25, 0.3) is 5.69 Å². The van der Waals surface area contributed by atoms with Crippen LogP contribution < -0.4 is 10.6 Å². The van der Waals surface area contributed by atoms with Crippen molar-refractivity contribution >= 4 is 17.1 Å². The molecule has 1 aromatic carbocycles. The van der Waals surface area contributed by atoms with Crippen LogP contribution in [0.15, 0.2) is 12.1 Å². The highest BCUT2D eigenvalue weighted by atomic mass is 19.4. The van der Waals surface area contributed by atoms with Crippen molar-refractivity contribution in [2.24, 2.45) is 0 Å². The molecule has 8 heteroatoms. The largest absolute Gasteiger partial charge is 0.416 e. The van der Waals surface area contributed by atoms with Gasteiger partial charge in [-0.25, -0.2) is 0 Å². The summed E-state index contributed by atoms with van der Waals surface area (Å²) < 4.78 is 38.1. The van der Waals surface area contributed by atoms with E-state index in [0.29, 0.717) is 12.5 Å². The van der Waals surface area contributed by atoms with Crippen LogP contribution >= 0.6 is 0 Å². The number of fused-ring (bicyclic) bond motifs is 1. The van der Waals surface area contributed by atoms with Crippen molar-refractivity contribution in [3.63, 3.8) is 0 Å². The van der Waals surface area contributed by atoms with Gasteiger partial charge >= 0.3 is 6.18 Å². The van der Waals surface area contributed by atoms with E-state index in [-0.39, 0.29) is 11.4 Å². The summed E-state index contributed by atoms with van der Waals surface area (Å²) in [7, 11) is 0. The Bertz CT molecular complexity index is 545.